The van der Waals surface area contributed by atoms with E-state index in [-0.39, 0.29) is 0 Å². The lowest BCUT2D eigenvalue weighted by Crippen LogP contribution is -1.98. The van der Waals surface area contributed by atoms with Crippen molar-refractivity contribution in [1.82, 2.24) is 9.55 Å². The number of imidazole rings is 1. The minimum Gasteiger partial charge on any atom is -0.369 e. The van der Waals surface area contributed by atoms with Crippen LogP contribution in [0.4, 0.5) is 5.95 Å². The molecule has 0 aliphatic rings. The molecule has 1 aromatic heterocycles. The second-order valence-electron chi connectivity index (χ2n) is 2.08. The quantitative estimate of drug-likeness (QED) is 0.604. The second kappa shape index (κ2) is 2.70. The molecule has 4 heteroatoms. The Morgan fingerprint density at radius 3 is 2.70 bits per heavy atom. The fraction of sp³-hybridized carbons (Fsp3) is 0.500. The van der Waals surface area contributed by atoms with E-state index in [2.05, 4.69) is 4.98 Å². The van der Waals surface area contributed by atoms with E-state index in [1.54, 1.807) is 0 Å². The molecular formula is C6H12N4. The maximum absolute atomic E-state index is 5.52. The third kappa shape index (κ3) is 1.11. The van der Waals surface area contributed by atoms with Crippen molar-refractivity contribution in [3.8, 4) is 0 Å². The van der Waals surface area contributed by atoms with Gasteiger partial charge < -0.3 is 16.0 Å². The molecule has 0 aliphatic heterocycles. The van der Waals surface area contributed by atoms with Gasteiger partial charge in [0.15, 0.2) is 5.95 Å². The highest BCUT2D eigenvalue weighted by atomic mass is 15.1. The number of hydrogen-bond donors (Lipinski definition) is 2. The summed E-state index contributed by atoms with van der Waals surface area (Å²) < 4.78 is 1.86. The third-order valence-electron chi connectivity index (χ3n) is 1.41. The summed E-state index contributed by atoms with van der Waals surface area (Å²) in [6.07, 6.45) is 1.87. The number of rotatable bonds is 2. The Kier molecular flexibility index (Phi) is 1.91. The van der Waals surface area contributed by atoms with Crippen molar-refractivity contribution < 1.29 is 0 Å². The molecule has 56 valence electrons. The highest BCUT2D eigenvalue weighted by Gasteiger charge is 1.99. The zero-order chi connectivity index (χ0) is 7.56. The smallest absolute Gasteiger partial charge is 0.200 e. The lowest BCUT2D eigenvalue weighted by molar-refractivity contribution is 0.772. The van der Waals surface area contributed by atoms with Crippen molar-refractivity contribution in [2.45, 2.75) is 20.0 Å². The topological polar surface area (TPSA) is 69.9 Å². The van der Waals surface area contributed by atoms with Gasteiger partial charge in [0.1, 0.15) is 0 Å². The van der Waals surface area contributed by atoms with Crippen molar-refractivity contribution in [3.05, 3.63) is 11.9 Å². The van der Waals surface area contributed by atoms with Gasteiger partial charge in [-0.05, 0) is 6.92 Å². The van der Waals surface area contributed by atoms with Gasteiger partial charge in [-0.15, -0.1) is 0 Å². The summed E-state index contributed by atoms with van der Waals surface area (Å²) in [4.78, 5) is 4.02. The van der Waals surface area contributed by atoms with E-state index in [1.165, 1.54) is 0 Å². The van der Waals surface area contributed by atoms with Crippen molar-refractivity contribution in [3.63, 3.8) is 0 Å². The normalized spacial score (nSPS) is 10.2. The maximum atomic E-state index is 5.52. The predicted molar refractivity (Wildman–Crippen MR) is 40.2 cm³/mol. The van der Waals surface area contributed by atoms with E-state index in [4.69, 9.17) is 11.5 Å². The number of nitrogens with zero attached hydrogens (tertiary/aromatic N) is 2. The van der Waals surface area contributed by atoms with Gasteiger partial charge in [0, 0.05) is 19.3 Å². The highest BCUT2D eigenvalue weighted by Crippen LogP contribution is 2.02. The zero-order valence-electron chi connectivity index (χ0n) is 6.04. The van der Waals surface area contributed by atoms with Crippen LogP contribution in [0.5, 0.6) is 0 Å². The van der Waals surface area contributed by atoms with E-state index in [0.29, 0.717) is 12.5 Å². The summed E-state index contributed by atoms with van der Waals surface area (Å²) in [6, 6.07) is 0. The third-order valence-corrected chi connectivity index (χ3v) is 1.41. The number of hydrogen-bond acceptors (Lipinski definition) is 3. The lowest BCUT2D eigenvalue weighted by atomic mass is 10.5. The first-order valence-corrected chi connectivity index (χ1v) is 3.29. The number of aryl methyl sites for hydroxylation is 1. The summed E-state index contributed by atoms with van der Waals surface area (Å²) in [5, 5.41) is 0. The molecular weight excluding hydrogens is 128 g/mol. The van der Waals surface area contributed by atoms with Crippen LogP contribution in [0.25, 0.3) is 0 Å². The summed E-state index contributed by atoms with van der Waals surface area (Å²) in [6.45, 7) is 3.31. The van der Waals surface area contributed by atoms with Gasteiger partial charge >= 0.3 is 0 Å². The number of nitrogen functional groups attached to an aromatic ring is 1. The van der Waals surface area contributed by atoms with Crippen molar-refractivity contribution in [2.24, 2.45) is 5.73 Å². The van der Waals surface area contributed by atoms with E-state index >= 15 is 0 Å². The summed E-state index contributed by atoms with van der Waals surface area (Å²) in [7, 11) is 0. The van der Waals surface area contributed by atoms with Crippen LogP contribution in [0, 0.1) is 0 Å². The van der Waals surface area contributed by atoms with Crippen LogP contribution in [-0.4, -0.2) is 9.55 Å². The van der Waals surface area contributed by atoms with Gasteiger partial charge in [0.25, 0.3) is 0 Å². The Morgan fingerprint density at radius 2 is 2.40 bits per heavy atom. The SMILES string of the molecule is CCn1cc(CN)nc1N. The molecule has 10 heavy (non-hydrogen) atoms. The fourth-order valence-corrected chi connectivity index (χ4v) is 0.838. The summed E-state index contributed by atoms with van der Waals surface area (Å²) in [5.74, 6) is 0.544. The average molecular weight is 140 g/mol. The molecule has 0 atom stereocenters. The molecule has 0 bridgehead atoms. The Hall–Kier alpha value is -1.03. The van der Waals surface area contributed by atoms with Gasteiger partial charge in [-0.25, -0.2) is 4.98 Å². The Balaban J connectivity index is 2.92. The van der Waals surface area contributed by atoms with E-state index < -0.39 is 0 Å². The van der Waals surface area contributed by atoms with Gasteiger partial charge in [-0.3, -0.25) is 0 Å². The van der Waals surface area contributed by atoms with Crippen molar-refractivity contribution in [2.75, 3.05) is 5.73 Å². The Labute approximate surface area is 59.8 Å². The molecule has 1 aromatic rings. The van der Waals surface area contributed by atoms with Crippen LogP contribution in [0.1, 0.15) is 12.6 Å². The first kappa shape index (κ1) is 7.08. The van der Waals surface area contributed by atoms with Crippen molar-refractivity contribution >= 4 is 5.95 Å². The first-order valence-electron chi connectivity index (χ1n) is 3.29. The molecule has 0 unspecified atom stereocenters. The molecule has 0 aromatic carbocycles. The average Bonchev–Trinajstić information content (AvgIpc) is 2.30. The number of aromatic nitrogens is 2. The van der Waals surface area contributed by atoms with Gasteiger partial charge in [0.05, 0.1) is 5.69 Å². The van der Waals surface area contributed by atoms with Gasteiger partial charge in [-0.2, -0.15) is 0 Å². The van der Waals surface area contributed by atoms with E-state index in [1.807, 2.05) is 17.7 Å². The molecule has 4 nitrogen and oxygen atoms in total. The fourth-order valence-electron chi connectivity index (χ4n) is 0.838. The Bertz CT molecular complexity index is 216. The van der Waals surface area contributed by atoms with Crippen LogP contribution >= 0.6 is 0 Å². The number of nitrogens with two attached hydrogens (primary N) is 2. The molecule has 0 saturated carbocycles. The van der Waals surface area contributed by atoms with Crippen LogP contribution in [0.3, 0.4) is 0 Å². The van der Waals surface area contributed by atoms with E-state index in [0.717, 1.165) is 12.2 Å². The monoisotopic (exact) mass is 140 g/mol. The standard InChI is InChI=1S/C6H12N4/c1-2-10-4-5(3-7)9-6(10)8/h4H,2-3,7H2,1H3,(H2,8,9). The first-order chi connectivity index (χ1) is 4.77. The van der Waals surface area contributed by atoms with Crippen LogP contribution < -0.4 is 11.5 Å². The molecule has 1 rings (SSSR count). The molecule has 1 heterocycles. The molecule has 0 saturated heterocycles. The largest absolute Gasteiger partial charge is 0.369 e. The molecule has 0 aliphatic carbocycles. The molecule has 0 spiro atoms. The lowest BCUT2D eigenvalue weighted by Gasteiger charge is -1.95. The second-order valence-corrected chi connectivity index (χ2v) is 2.08. The van der Waals surface area contributed by atoms with Gasteiger partial charge in [-0.1, -0.05) is 0 Å². The minimum absolute atomic E-state index is 0.456. The highest BCUT2D eigenvalue weighted by molar-refractivity contribution is 5.21. The van der Waals surface area contributed by atoms with Gasteiger partial charge in [0.2, 0.25) is 0 Å². The Morgan fingerprint density at radius 1 is 1.70 bits per heavy atom. The molecule has 0 fully saturated rings. The molecule has 4 N–H and O–H groups in total. The zero-order valence-corrected chi connectivity index (χ0v) is 6.04. The summed E-state index contributed by atoms with van der Waals surface area (Å²) >= 11 is 0. The van der Waals surface area contributed by atoms with Crippen LogP contribution in [0.2, 0.25) is 0 Å². The van der Waals surface area contributed by atoms with Crippen LogP contribution in [0.15, 0.2) is 6.20 Å². The van der Waals surface area contributed by atoms with Crippen LogP contribution in [-0.2, 0) is 13.1 Å². The van der Waals surface area contributed by atoms with Crippen molar-refractivity contribution in [1.29, 1.82) is 0 Å². The molecule has 0 radical (unpaired) electrons. The predicted octanol–water partition coefficient (Wildman–Crippen LogP) is -0.0561. The maximum Gasteiger partial charge on any atom is 0.200 e. The molecule has 0 amide bonds. The van der Waals surface area contributed by atoms with E-state index in [9.17, 15) is 0 Å². The number of anilines is 1. The summed E-state index contributed by atoms with van der Waals surface area (Å²) in [5.41, 5.74) is 11.7. The minimum atomic E-state index is 0.456.